The molecule has 40 heavy (non-hydrogen) atoms. The van der Waals surface area contributed by atoms with Crippen molar-refractivity contribution in [1.29, 1.82) is 0 Å². The number of amides is 2. The zero-order valence-corrected chi connectivity index (χ0v) is 24.9. The van der Waals surface area contributed by atoms with Gasteiger partial charge in [0.2, 0.25) is 21.8 Å². The summed E-state index contributed by atoms with van der Waals surface area (Å²) in [6.07, 6.45) is 1.49. The Kier molecular flexibility index (Phi) is 11.7. The molecule has 2 amide bonds. The minimum absolute atomic E-state index is 0.0502. The summed E-state index contributed by atoms with van der Waals surface area (Å²) in [5.41, 5.74) is 1.74. The maximum absolute atomic E-state index is 13.8. The Hall–Kier alpha value is -3.20. The van der Waals surface area contributed by atoms with Crippen LogP contribution < -0.4 is 5.32 Å². The van der Waals surface area contributed by atoms with Gasteiger partial charge in [0.05, 0.1) is 4.90 Å². The zero-order valence-electron chi connectivity index (χ0n) is 23.3. The van der Waals surface area contributed by atoms with Crippen LogP contribution in [0.1, 0.15) is 44.2 Å². The highest BCUT2D eigenvalue weighted by molar-refractivity contribution is 7.89. The Morgan fingerprint density at radius 1 is 0.925 bits per heavy atom. The van der Waals surface area contributed by atoms with Crippen molar-refractivity contribution in [1.82, 2.24) is 14.5 Å². The average Bonchev–Trinajstić information content (AvgIpc) is 2.95. The van der Waals surface area contributed by atoms with E-state index in [1.165, 1.54) is 11.4 Å². The van der Waals surface area contributed by atoms with E-state index in [2.05, 4.69) is 5.32 Å². The van der Waals surface area contributed by atoms with Gasteiger partial charge in [0, 0.05) is 44.0 Å². The summed E-state index contributed by atoms with van der Waals surface area (Å²) < 4.78 is 27.1. The second-order valence-electron chi connectivity index (χ2n) is 9.92. The number of hydrogen-bond acceptors (Lipinski definition) is 4. The van der Waals surface area contributed by atoms with E-state index < -0.39 is 16.1 Å². The van der Waals surface area contributed by atoms with E-state index in [-0.39, 0.29) is 42.3 Å². The molecule has 0 fully saturated rings. The minimum Gasteiger partial charge on any atom is -0.352 e. The van der Waals surface area contributed by atoms with E-state index in [4.69, 9.17) is 11.6 Å². The molecule has 0 spiro atoms. The maximum atomic E-state index is 13.8. The summed E-state index contributed by atoms with van der Waals surface area (Å²) in [7, 11) is -2.16. The van der Waals surface area contributed by atoms with Crippen molar-refractivity contribution in [3.63, 3.8) is 0 Å². The number of hydrogen-bond donors (Lipinski definition) is 1. The number of benzene rings is 3. The van der Waals surface area contributed by atoms with Gasteiger partial charge in [0.25, 0.3) is 0 Å². The van der Waals surface area contributed by atoms with Crippen LogP contribution in [0, 0.1) is 0 Å². The first kappa shape index (κ1) is 31.3. The van der Waals surface area contributed by atoms with Crippen molar-refractivity contribution in [2.24, 2.45) is 0 Å². The van der Waals surface area contributed by atoms with Gasteiger partial charge in [-0.15, -0.1) is 0 Å². The number of rotatable bonds is 14. The van der Waals surface area contributed by atoms with Gasteiger partial charge in [-0.2, -0.15) is 0 Å². The first-order valence-electron chi connectivity index (χ1n) is 13.5. The lowest BCUT2D eigenvalue weighted by Gasteiger charge is -2.32. The molecule has 0 saturated carbocycles. The number of nitrogens with zero attached hydrogens (tertiary/aromatic N) is 2. The Balaban J connectivity index is 1.83. The van der Waals surface area contributed by atoms with Crippen molar-refractivity contribution in [3.05, 3.63) is 101 Å². The van der Waals surface area contributed by atoms with Crippen LogP contribution in [0.5, 0.6) is 0 Å². The van der Waals surface area contributed by atoms with Gasteiger partial charge in [0.1, 0.15) is 6.04 Å². The Labute approximate surface area is 243 Å². The lowest BCUT2D eigenvalue weighted by molar-refractivity contribution is -0.141. The van der Waals surface area contributed by atoms with Crippen LogP contribution in [0.2, 0.25) is 5.02 Å². The molecule has 0 aliphatic rings. The van der Waals surface area contributed by atoms with E-state index in [0.717, 1.165) is 17.5 Å². The summed E-state index contributed by atoms with van der Waals surface area (Å²) in [6, 6.07) is 24.2. The van der Waals surface area contributed by atoms with Crippen LogP contribution in [0.4, 0.5) is 0 Å². The van der Waals surface area contributed by atoms with Crippen molar-refractivity contribution >= 4 is 33.4 Å². The number of halogens is 1. The Morgan fingerprint density at radius 3 is 2.17 bits per heavy atom. The predicted octanol–water partition coefficient (Wildman–Crippen LogP) is 5.30. The summed E-state index contributed by atoms with van der Waals surface area (Å²) in [5, 5.41) is 3.59. The molecule has 3 aromatic carbocycles. The summed E-state index contributed by atoms with van der Waals surface area (Å²) in [5.74, 6) is -0.455. The monoisotopic (exact) mass is 583 g/mol. The van der Waals surface area contributed by atoms with E-state index in [1.807, 2.05) is 56.3 Å². The molecule has 0 heterocycles. The number of carbonyl (C=O) groups is 2. The second kappa shape index (κ2) is 15.0. The lowest BCUT2D eigenvalue weighted by Crippen LogP contribution is -2.52. The molecular weight excluding hydrogens is 546 g/mol. The molecule has 214 valence electrons. The molecular formula is C31H38ClN3O4S. The Morgan fingerprint density at radius 2 is 1.55 bits per heavy atom. The first-order chi connectivity index (χ1) is 19.1. The van der Waals surface area contributed by atoms with Crippen molar-refractivity contribution in [2.45, 2.75) is 63.1 Å². The molecule has 7 nitrogen and oxygen atoms in total. The standard InChI is InChI=1S/C31H38ClN3O4S/c1-4-24(2)33-31(37)29(22-25-13-7-5-8-14-25)35(23-26-15-11-16-27(32)21-26)30(36)19-12-20-34(3)40(38,39)28-17-9-6-10-18-28/h5-11,13-18,21,24,29H,4,12,19-20,22-23H2,1-3H3,(H,33,37). The highest BCUT2D eigenvalue weighted by Gasteiger charge is 2.31. The molecule has 0 saturated heterocycles. The fourth-order valence-corrected chi connectivity index (χ4v) is 5.76. The highest BCUT2D eigenvalue weighted by atomic mass is 35.5. The fourth-order valence-electron chi connectivity index (χ4n) is 4.32. The van der Waals surface area contributed by atoms with Crippen LogP contribution in [0.15, 0.2) is 89.8 Å². The van der Waals surface area contributed by atoms with E-state index in [9.17, 15) is 18.0 Å². The first-order valence-corrected chi connectivity index (χ1v) is 15.3. The van der Waals surface area contributed by atoms with Gasteiger partial charge in [0.15, 0.2) is 0 Å². The van der Waals surface area contributed by atoms with Crippen molar-refractivity contribution in [3.8, 4) is 0 Å². The summed E-state index contributed by atoms with van der Waals surface area (Å²) in [4.78, 5) is 29.1. The fraction of sp³-hybridized carbons (Fsp3) is 0.355. The quantitative estimate of drug-likeness (QED) is 0.279. The Bertz CT molecular complexity index is 1350. The van der Waals surface area contributed by atoms with E-state index in [0.29, 0.717) is 17.9 Å². The molecule has 2 unspecified atom stereocenters. The SMILES string of the molecule is CCC(C)NC(=O)C(Cc1ccccc1)N(Cc1cccc(Cl)c1)C(=O)CCCN(C)S(=O)(=O)c1ccccc1. The normalized spacial score (nSPS) is 13.0. The van der Waals surface area contributed by atoms with Gasteiger partial charge in [-0.25, -0.2) is 12.7 Å². The number of sulfonamides is 1. The summed E-state index contributed by atoms with van der Waals surface area (Å²) in [6.45, 7) is 4.29. The van der Waals surface area contributed by atoms with Crippen LogP contribution in [-0.2, 0) is 32.6 Å². The third-order valence-corrected chi connectivity index (χ3v) is 8.94. The number of carbonyl (C=O) groups excluding carboxylic acids is 2. The van der Waals surface area contributed by atoms with Crippen LogP contribution >= 0.6 is 11.6 Å². The van der Waals surface area contributed by atoms with Gasteiger partial charge in [-0.1, -0.05) is 79.2 Å². The minimum atomic E-state index is -3.67. The van der Waals surface area contributed by atoms with Crippen molar-refractivity contribution in [2.75, 3.05) is 13.6 Å². The molecule has 0 aliphatic heterocycles. The molecule has 0 bridgehead atoms. The average molecular weight is 584 g/mol. The van der Waals surface area contributed by atoms with Gasteiger partial charge >= 0.3 is 0 Å². The van der Waals surface area contributed by atoms with Crippen molar-refractivity contribution < 1.29 is 18.0 Å². The largest absolute Gasteiger partial charge is 0.352 e. The number of nitrogens with one attached hydrogen (secondary N) is 1. The van der Waals surface area contributed by atoms with E-state index >= 15 is 0 Å². The van der Waals surface area contributed by atoms with Crippen LogP contribution in [0.3, 0.4) is 0 Å². The van der Waals surface area contributed by atoms with Crippen LogP contribution in [0.25, 0.3) is 0 Å². The molecule has 3 rings (SSSR count). The predicted molar refractivity (Wildman–Crippen MR) is 159 cm³/mol. The second-order valence-corrected chi connectivity index (χ2v) is 12.4. The zero-order chi connectivity index (χ0) is 29.1. The van der Waals surface area contributed by atoms with Gasteiger partial charge in [-0.3, -0.25) is 9.59 Å². The molecule has 0 radical (unpaired) electrons. The molecule has 0 aromatic heterocycles. The molecule has 9 heteroatoms. The smallest absolute Gasteiger partial charge is 0.243 e. The van der Waals surface area contributed by atoms with E-state index in [1.54, 1.807) is 47.4 Å². The molecule has 1 N–H and O–H groups in total. The van der Waals surface area contributed by atoms with Gasteiger partial charge < -0.3 is 10.2 Å². The summed E-state index contributed by atoms with van der Waals surface area (Å²) >= 11 is 6.23. The third kappa shape index (κ3) is 8.91. The highest BCUT2D eigenvalue weighted by Crippen LogP contribution is 2.20. The van der Waals surface area contributed by atoms with Gasteiger partial charge in [-0.05, 0) is 55.2 Å². The topological polar surface area (TPSA) is 86.8 Å². The van der Waals surface area contributed by atoms with Crippen LogP contribution in [-0.4, -0.2) is 55.1 Å². The third-order valence-electron chi connectivity index (χ3n) is 6.83. The molecule has 3 aromatic rings. The molecule has 2 atom stereocenters. The lowest BCUT2D eigenvalue weighted by atomic mass is 10.0. The molecule has 0 aliphatic carbocycles. The maximum Gasteiger partial charge on any atom is 0.243 e.